The van der Waals surface area contributed by atoms with E-state index in [0.717, 1.165) is 6.42 Å². The Kier molecular flexibility index (Phi) is 5.88. The Morgan fingerprint density at radius 2 is 2.00 bits per heavy atom. The lowest BCUT2D eigenvalue weighted by molar-refractivity contribution is 0.323. The topological polar surface area (TPSA) is 66.6 Å². The van der Waals surface area contributed by atoms with E-state index in [1.807, 2.05) is 20.8 Å². The molecule has 17 heavy (non-hydrogen) atoms. The zero-order valence-electron chi connectivity index (χ0n) is 11.0. The average Bonchev–Trinajstić information content (AvgIpc) is 2.61. The van der Waals surface area contributed by atoms with Gasteiger partial charge in [-0.1, -0.05) is 6.92 Å². The third kappa shape index (κ3) is 3.54. The van der Waals surface area contributed by atoms with Crippen molar-refractivity contribution in [3.63, 3.8) is 0 Å². The lowest BCUT2D eigenvalue weighted by atomic mass is 9.90. The number of hydrogen-bond acceptors (Lipinski definition) is 3. The van der Waals surface area contributed by atoms with E-state index >= 15 is 0 Å². The van der Waals surface area contributed by atoms with Gasteiger partial charge in [-0.3, -0.25) is 0 Å². The Balaban J connectivity index is 0.00000256. The summed E-state index contributed by atoms with van der Waals surface area (Å²) in [4.78, 5) is 0. The molecule has 104 valence electrons. The van der Waals surface area contributed by atoms with E-state index in [-0.39, 0.29) is 23.9 Å². The first-order valence-corrected chi connectivity index (χ1v) is 7.06. The number of rotatable bonds is 4. The van der Waals surface area contributed by atoms with Gasteiger partial charge in [0.1, 0.15) is 0 Å². The summed E-state index contributed by atoms with van der Waals surface area (Å²) in [6, 6.07) is -0.0188. The van der Waals surface area contributed by atoms with Crippen LogP contribution in [0.2, 0.25) is 0 Å². The van der Waals surface area contributed by atoms with Crippen molar-refractivity contribution in [2.45, 2.75) is 33.2 Å². The Morgan fingerprint density at radius 3 is 2.35 bits per heavy atom. The van der Waals surface area contributed by atoms with Gasteiger partial charge in [0.25, 0.3) is 10.2 Å². The van der Waals surface area contributed by atoms with Crippen LogP contribution in [0.25, 0.3) is 0 Å². The number of hydrogen-bond donors (Lipinski definition) is 1. The molecule has 0 saturated carbocycles. The van der Waals surface area contributed by atoms with Crippen LogP contribution in [0.5, 0.6) is 0 Å². The molecule has 0 spiro atoms. The monoisotopic (exact) mass is 285 g/mol. The molecule has 0 aromatic heterocycles. The maximum atomic E-state index is 12.2. The van der Waals surface area contributed by atoms with Crippen molar-refractivity contribution >= 4 is 22.6 Å². The molecule has 1 rings (SSSR count). The first kappa shape index (κ1) is 17.1. The zero-order chi connectivity index (χ0) is 12.6. The van der Waals surface area contributed by atoms with Crippen molar-refractivity contribution < 1.29 is 8.42 Å². The smallest absolute Gasteiger partial charge is 0.281 e. The summed E-state index contributed by atoms with van der Waals surface area (Å²) in [7, 11) is -1.68. The summed E-state index contributed by atoms with van der Waals surface area (Å²) in [6.07, 6.45) is 0.842. The molecule has 1 unspecified atom stereocenters. The van der Waals surface area contributed by atoms with Gasteiger partial charge in [-0.05, 0) is 32.2 Å². The van der Waals surface area contributed by atoms with Gasteiger partial charge in [-0.2, -0.15) is 17.0 Å². The second-order valence-corrected chi connectivity index (χ2v) is 7.20. The number of nitrogens with zero attached hydrogens (tertiary/aromatic N) is 2. The Bertz CT molecular complexity index is 347. The van der Waals surface area contributed by atoms with Gasteiger partial charge >= 0.3 is 0 Å². The Labute approximate surface area is 111 Å². The highest BCUT2D eigenvalue weighted by Crippen LogP contribution is 2.31. The summed E-state index contributed by atoms with van der Waals surface area (Å²) >= 11 is 0. The van der Waals surface area contributed by atoms with Gasteiger partial charge in [0.15, 0.2) is 0 Å². The first-order valence-electron chi connectivity index (χ1n) is 5.66. The van der Waals surface area contributed by atoms with E-state index in [0.29, 0.717) is 19.6 Å². The van der Waals surface area contributed by atoms with E-state index in [1.54, 1.807) is 11.4 Å². The standard InChI is InChI=1S/C10H23N3O2S.ClH/c1-9(2)12(4)16(14,15)13-6-5-10(3,7-11)8-13;/h9H,5-8,11H2,1-4H3;1H. The van der Waals surface area contributed by atoms with Crippen molar-refractivity contribution in [2.24, 2.45) is 11.1 Å². The molecule has 1 aliphatic rings. The van der Waals surface area contributed by atoms with Crippen LogP contribution in [0.15, 0.2) is 0 Å². The van der Waals surface area contributed by atoms with Crippen molar-refractivity contribution in [2.75, 3.05) is 26.7 Å². The largest absolute Gasteiger partial charge is 0.330 e. The van der Waals surface area contributed by atoms with Crippen LogP contribution in [-0.4, -0.2) is 49.8 Å². The lowest BCUT2D eigenvalue weighted by Crippen LogP contribution is -2.44. The van der Waals surface area contributed by atoms with Crippen LogP contribution in [0.3, 0.4) is 0 Å². The van der Waals surface area contributed by atoms with Crippen LogP contribution in [0, 0.1) is 5.41 Å². The van der Waals surface area contributed by atoms with Crippen molar-refractivity contribution in [1.29, 1.82) is 0 Å². The minimum absolute atomic E-state index is 0. The van der Waals surface area contributed by atoms with E-state index in [4.69, 9.17) is 5.73 Å². The minimum Gasteiger partial charge on any atom is -0.330 e. The molecule has 2 N–H and O–H groups in total. The highest BCUT2D eigenvalue weighted by Gasteiger charge is 2.40. The zero-order valence-corrected chi connectivity index (χ0v) is 12.6. The van der Waals surface area contributed by atoms with Crippen molar-refractivity contribution in [3.8, 4) is 0 Å². The molecule has 0 amide bonds. The predicted octanol–water partition coefficient (Wildman–Crippen LogP) is 0.664. The van der Waals surface area contributed by atoms with E-state index in [1.165, 1.54) is 4.31 Å². The summed E-state index contributed by atoms with van der Waals surface area (Å²) in [5, 5.41) is 0. The SMILES string of the molecule is CC(C)N(C)S(=O)(=O)N1CCC(C)(CN)C1.Cl. The van der Waals surface area contributed by atoms with Gasteiger partial charge in [-0.15, -0.1) is 12.4 Å². The Hall–Kier alpha value is 0.120. The third-order valence-corrected chi connectivity index (χ3v) is 5.55. The second kappa shape index (κ2) is 5.84. The van der Waals surface area contributed by atoms with E-state index < -0.39 is 10.2 Å². The molecule has 1 aliphatic heterocycles. The van der Waals surface area contributed by atoms with Crippen LogP contribution in [-0.2, 0) is 10.2 Å². The molecule has 0 radical (unpaired) electrons. The molecule has 0 bridgehead atoms. The molecule has 7 heteroatoms. The van der Waals surface area contributed by atoms with Crippen LogP contribution in [0.1, 0.15) is 27.2 Å². The molecule has 1 heterocycles. The van der Waals surface area contributed by atoms with Gasteiger partial charge in [-0.25, -0.2) is 0 Å². The maximum Gasteiger partial charge on any atom is 0.281 e. The molecular formula is C10H24ClN3O2S. The normalized spacial score (nSPS) is 26.5. The molecule has 1 saturated heterocycles. The molecular weight excluding hydrogens is 262 g/mol. The highest BCUT2D eigenvalue weighted by molar-refractivity contribution is 7.86. The summed E-state index contributed by atoms with van der Waals surface area (Å²) < 4.78 is 27.3. The first-order chi connectivity index (χ1) is 7.23. The van der Waals surface area contributed by atoms with Crippen LogP contribution >= 0.6 is 12.4 Å². The van der Waals surface area contributed by atoms with E-state index in [2.05, 4.69) is 0 Å². The Morgan fingerprint density at radius 1 is 1.47 bits per heavy atom. The van der Waals surface area contributed by atoms with Gasteiger partial charge in [0, 0.05) is 26.2 Å². The van der Waals surface area contributed by atoms with E-state index in [9.17, 15) is 8.42 Å². The van der Waals surface area contributed by atoms with Gasteiger partial charge in [0.05, 0.1) is 0 Å². The van der Waals surface area contributed by atoms with Crippen molar-refractivity contribution in [3.05, 3.63) is 0 Å². The molecule has 0 aliphatic carbocycles. The minimum atomic E-state index is -3.31. The molecule has 0 aromatic rings. The second-order valence-electron chi connectivity index (χ2n) is 5.22. The van der Waals surface area contributed by atoms with Crippen LogP contribution in [0.4, 0.5) is 0 Å². The fraction of sp³-hybridized carbons (Fsp3) is 1.00. The summed E-state index contributed by atoms with van der Waals surface area (Å²) in [5.41, 5.74) is 5.61. The fourth-order valence-corrected chi connectivity index (χ4v) is 3.48. The number of halogens is 1. The fourth-order valence-electron chi connectivity index (χ4n) is 1.79. The maximum absolute atomic E-state index is 12.2. The molecule has 1 atom stereocenters. The van der Waals surface area contributed by atoms with Gasteiger partial charge in [0.2, 0.25) is 0 Å². The summed E-state index contributed by atoms with van der Waals surface area (Å²) in [5.74, 6) is 0. The quantitative estimate of drug-likeness (QED) is 0.825. The van der Waals surface area contributed by atoms with Crippen LogP contribution < -0.4 is 5.73 Å². The average molecular weight is 286 g/mol. The summed E-state index contributed by atoms with van der Waals surface area (Å²) in [6.45, 7) is 7.42. The molecule has 1 fully saturated rings. The lowest BCUT2D eigenvalue weighted by Gasteiger charge is -2.28. The third-order valence-electron chi connectivity index (χ3n) is 3.43. The van der Waals surface area contributed by atoms with Crippen molar-refractivity contribution in [1.82, 2.24) is 8.61 Å². The molecule has 5 nitrogen and oxygen atoms in total. The predicted molar refractivity (Wildman–Crippen MR) is 72.4 cm³/mol. The highest BCUT2D eigenvalue weighted by atomic mass is 35.5. The van der Waals surface area contributed by atoms with Gasteiger partial charge < -0.3 is 5.73 Å². The number of nitrogens with two attached hydrogens (primary N) is 1. The molecule has 0 aromatic carbocycles.